The highest BCUT2D eigenvalue weighted by Gasteiger charge is 2.34. The van der Waals surface area contributed by atoms with E-state index in [4.69, 9.17) is 5.73 Å². The Morgan fingerprint density at radius 3 is 2.55 bits per heavy atom. The van der Waals surface area contributed by atoms with E-state index in [1.807, 2.05) is 0 Å². The first-order chi connectivity index (χ1) is 9.91. The number of carbonyl (C=O) groups excluding carboxylic acids is 1. The van der Waals surface area contributed by atoms with Crippen LogP contribution in [-0.4, -0.2) is 45.4 Å². The topological polar surface area (TPSA) is 89.7 Å². The van der Waals surface area contributed by atoms with Gasteiger partial charge in [0.2, 0.25) is 10.0 Å². The third-order valence-electron chi connectivity index (χ3n) is 3.79. The SMILES string of the molecule is COC(=O)c1scc(C)c1S(=O)(=O)N1CCC(CN)CC1.Cl. The van der Waals surface area contributed by atoms with Crippen molar-refractivity contribution in [3.8, 4) is 0 Å². The van der Waals surface area contributed by atoms with E-state index in [0.717, 1.165) is 24.2 Å². The second kappa shape index (κ2) is 7.74. The average molecular weight is 369 g/mol. The molecule has 6 nitrogen and oxygen atoms in total. The van der Waals surface area contributed by atoms with Crippen molar-refractivity contribution in [2.75, 3.05) is 26.7 Å². The molecular weight excluding hydrogens is 348 g/mol. The standard InChI is InChI=1S/C13H20N2O4S2.ClH/c1-9-8-20-11(13(16)19-2)12(9)21(17,18)15-5-3-10(7-14)4-6-15;/h8,10H,3-7,14H2,1-2H3;1H. The zero-order chi connectivity index (χ0) is 15.6. The Kier molecular flexibility index (Phi) is 6.82. The number of ether oxygens (including phenoxy) is 1. The molecule has 1 saturated heterocycles. The van der Waals surface area contributed by atoms with Crippen LogP contribution in [0, 0.1) is 12.8 Å². The van der Waals surface area contributed by atoms with Crippen molar-refractivity contribution in [1.29, 1.82) is 0 Å². The van der Waals surface area contributed by atoms with Gasteiger partial charge in [-0.25, -0.2) is 13.2 Å². The van der Waals surface area contributed by atoms with Crippen molar-refractivity contribution < 1.29 is 17.9 Å². The van der Waals surface area contributed by atoms with Crippen molar-refractivity contribution in [2.24, 2.45) is 11.7 Å². The van der Waals surface area contributed by atoms with E-state index < -0.39 is 16.0 Å². The third-order valence-corrected chi connectivity index (χ3v) is 7.09. The summed E-state index contributed by atoms with van der Waals surface area (Å²) in [6, 6.07) is 0. The van der Waals surface area contributed by atoms with Crippen molar-refractivity contribution >= 4 is 39.7 Å². The van der Waals surface area contributed by atoms with Gasteiger partial charge in [-0.1, -0.05) is 0 Å². The molecule has 1 aliphatic rings. The van der Waals surface area contributed by atoms with E-state index in [9.17, 15) is 13.2 Å². The first-order valence-electron chi connectivity index (χ1n) is 6.78. The maximum absolute atomic E-state index is 12.8. The van der Waals surface area contributed by atoms with Crippen LogP contribution < -0.4 is 5.73 Å². The van der Waals surface area contributed by atoms with E-state index >= 15 is 0 Å². The van der Waals surface area contributed by atoms with Crippen LogP contribution in [0.5, 0.6) is 0 Å². The van der Waals surface area contributed by atoms with Gasteiger partial charge in [0.15, 0.2) is 0 Å². The maximum Gasteiger partial charge on any atom is 0.349 e. The summed E-state index contributed by atoms with van der Waals surface area (Å²) >= 11 is 1.10. The Hall–Kier alpha value is -0.670. The minimum absolute atomic E-state index is 0. The summed E-state index contributed by atoms with van der Waals surface area (Å²) in [7, 11) is -2.41. The lowest BCUT2D eigenvalue weighted by atomic mass is 9.99. The Bertz CT molecular complexity index is 622. The number of piperidine rings is 1. The molecule has 0 aromatic carbocycles. The molecule has 22 heavy (non-hydrogen) atoms. The van der Waals surface area contributed by atoms with E-state index in [0.29, 0.717) is 31.1 Å². The van der Waals surface area contributed by atoms with Crippen molar-refractivity contribution in [2.45, 2.75) is 24.7 Å². The molecule has 1 aromatic rings. The fourth-order valence-electron chi connectivity index (χ4n) is 2.50. The highest BCUT2D eigenvalue weighted by Crippen LogP contribution is 2.32. The van der Waals surface area contributed by atoms with Gasteiger partial charge in [-0.2, -0.15) is 4.31 Å². The lowest BCUT2D eigenvalue weighted by Gasteiger charge is -2.30. The van der Waals surface area contributed by atoms with Gasteiger partial charge in [-0.3, -0.25) is 0 Å². The number of nitrogens with two attached hydrogens (primary N) is 1. The number of nitrogens with zero attached hydrogens (tertiary/aromatic N) is 1. The zero-order valence-corrected chi connectivity index (χ0v) is 15.0. The summed E-state index contributed by atoms with van der Waals surface area (Å²) < 4.78 is 31.7. The lowest BCUT2D eigenvalue weighted by molar-refractivity contribution is 0.0602. The predicted octanol–water partition coefficient (Wildman–Crippen LogP) is 1.62. The number of hydrogen-bond acceptors (Lipinski definition) is 6. The summed E-state index contributed by atoms with van der Waals surface area (Å²) in [4.78, 5) is 12.0. The zero-order valence-electron chi connectivity index (χ0n) is 12.6. The van der Waals surface area contributed by atoms with Crippen molar-refractivity contribution in [3.63, 3.8) is 0 Å². The second-order valence-corrected chi connectivity index (χ2v) is 7.91. The monoisotopic (exact) mass is 368 g/mol. The van der Waals surface area contributed by atoms with E-state index in [-0.39, 0.29) is 22.2 Å². The molecule has 0 radical (unpaired) electrons. The van der Waals surface area contributed by atoms with E-state index in [1.54, 1.807) is 12.3 Å². The molecule has 1 fully saturated rings. The van der Waals surface area contributed by atoms with Crippen LogP contribution in [-0.2, 0) is 14.8 Å². The fourth-order valence-corrected chi connectivity index (χ4v) is 5.63. The van der Waals surface area contributed by atoms with Gasteiger partial charge < -0.3 is 10.5 Å². The highest BCUT2D eigenvalue weighted by molar-refractivity contribution is 7.89. The van der Waals surface area contributed by atoms with Crippen molar-refractivity contribution in [1.82, 2.24) is 4.31 Å². The largest absolute Gasteiger partial charge is 0.465 e. The molecule has 2 rings (SSSR count). The number of esters is 1. The van der Waals surface area contributed by atoms with Gasteiger partial charge in [0.05, 0.1) is 7.11 Å². The smallest absolute Gasteiger partial charge is 0.349 e. The number of halogens is 1. The minimum Gasteiger partial charge on any atom is -0.465 e. The van der Waals surface area contributed by atoms with Gasteiger partial charge in [-0.15, -0.1) is 23.7 Å². The highest BCUT2D eigenvalue weighted by atomic mass is 35.5. The molecule has 126 valence electrons. The third kappa shape index (κ3) is 3.62. The predicted molar refractivity (Wildman–Crippen MR) is 88.2 cm³/mol. The fraction of sp³-hybridized carbons (Fsp3) is 0.615. The van der Waals surface area contributed by atoms with Crippen LogP contribution >= 0.6 is 23.7 Å². The van der Waals surface area contributed by atoms with Gasteiger partial charge in [0.25, 0.3) is 0 Å². The molecule has 1 aromatic heterocycles. The Morgan fingerprint density at radius 1 is 1.45 bits per heavy atom. The Morgan fingerprint density at radius 2 is 2.05 bits per heavy atom. The van der Waals surface area contributed by atoms with Crippen molar-refractivity contribution in [3.05, 3.63) is 15.8 Å². The van der Waals surface area contributed by atoms with Gasteiger partial charge >= 0.3 is 5.97 Å². The molecule has 0 unspecified atom stereocenters. The van der Waals surface area contributed by atoms with E-state index in [1.165, 1.54) is 11.4 Å². The first kappa shape index (κ1) is 19.4. The normalized spacial score (nSPS) is 17.0. The number of aryl methyl sites for hydroxylation is 1. The average Bonchev–Trinajstić information content (AvgIpc) is 2.89. The Labute approximate surface area is 141 Å². The molecule has 0 spiro atoms. The molecule has 9 heteroatoms. The molecule has 1 aliphatic heterocycles. The molecule has 0 aliphatic carbocycles. The number of hydrogen-bond donors (Lipinski definition) is 1. The van der Waals surface area contributed by atoms with Crippen LogP contribution in [0.3, 0.4) is 0 Å². The van der Waals surface area contributed by atoms with Crippen LogP contribution in [0.4, 0.5) is 0 Å². The number of carbonyl (C=O) groups is 1. The van der Waals surface area contributed by atoms with Crippen LogP contribution in [0.2, 0.25) is 0 Å². The summed E-state index contributed by atoms with van der Waals surface area (Å²) in [5, 5.41) is 1.67. The quantitative estimate of drug-likeness (QED) is 0.815. The summed E-state index contributed by atoms with van der Waals surface area (Å²) in [5.41, 5.74) is 6.22. The molecule has 2 heterocycles. The lowest BCUT2D eigenvalue weighted by Crippen LogP contribution is -2.40. The van der Waals surface area contributed by atoms with Crippen LogP contribution in [0.25, 0.3) is 0 Å². The molecule has 0 bridgehead atoms. The minimum atomic E-state index is -3.66. The van der Waals surface area contributed by atoms with Crippen LogP contribution in [0.15, 0.2) is 10.3 Å². The number of thiophene rings is 1. The van der Waals surface area contributed by atoms with Gasteiger partial charge in [0.1, 0.15) is 9.77 Å². The molecule has 0 atom stereocenters. The maximum atomic E-state index is 12.8. The Balaban J connectivity index is 0.00000242. The summed E-state index contributed by atoms with van der Waals surface area (Å²) in [6.07, 6.45) is 1.51. The number of rotatable bonds is 4. The molecule has 2 N–H and O–H groups in total. The van der Waals surface area contributed by atoms with Gasteiger partial charge in [-0.05, 0) is 43.2 Å². The number of sulfonamides is 1. The second-order valence-electron chi connectivity index (χ2n) is 5.15. The summed E-state index contributed by atoms with van der Waals surface area (Å²) in [5.74, 6) is -0.233. The number of methoxy groups -OCH3 is 1. The summed E-state index contributed by atoms with van der Waals surface area (Å²) in [6.45, 7) is 3.17. The molecule has 0 saturated carbocycles. The first-order valence-corrected chi connectivity index (χ1v) is 9.10. The molecular formula is C13H21ClN2O4S2. The van der Waals surface area contributed by atoms with Gasteiger partial charge in [0, 0.05) is 13.1 Å². The van der Waals surface area contributed by atoms with Crippen LogP contribution in [0.1, 0.15) is 28.1 Å². The molecule has 0 amide bonds. The van der Waals surface area contributed by atoms with E-state index in [2.05, 4.69) is 4.74 Å².